The van der Waals surface area contributed by atoms with Crippen LogP contribution in [0, 0.1) is 12.7 Å². The van der Waals surface area contributed by atoms with Crippen LogP contribution in [-0.4, -0.2) is 17.7 Å². The molecule has 0 fully saturated rings. The molecule has 0 aliphatic heterocycles. The number of aliphatic hydroxyl groups excluding tert-OH is 1. The fraction of sp³-hybridized carbons (Fsp3) is 0.235. The second-order valence-corrected chi connectivity index (χ2v) is 4.98. The van der Waals surface area contributed by atoms with Crippen molar-refractivity contribution in [2.24, 2.45) is 0 Å². The number of carbonyl (C=O) groups excluding carboxylic acids is 1. The van der Waals surface area contributed by atoms with Gasteiger partial charge in [0.15, 0.2) is 0 Å². The summed E-state index contributed by atoms with van der Waals surface area (Å²) >= 11 is 0. The average molecular weight is 303 g/mol. The van der Waals surface area contributed by atoms with Crippen LogP contribution in [-0.2, 0) is 11.3 Å². The number of rotatable bonds is 5. The molecule has 0 aliphatic carbocycles. The van der Waals surface area contributed by atoms with E-state index in [1.807, 2.05) is 30.3 Å². The van der Waals surface area contributed by atoms with Gasteiger partial charge in [-0.1, -0.05) is 48.0 Å². The zero-order chi connectivity index (χ0) is 15.9. The Bertz CT molecular complexity index is 631. The van der Waals surface area contributed by atoms with Crippen molar-refractivity contribution in [1.82, 2.24) is 5.32 Å². The normalized spacial score (nSPS) is 11.8. The van der Waals surface area contributed by atoms with Crippen LogP contribution in [0.25, 0.3) is 0 Å². The molecule has 0 saturated carbocycles. The summed E-state index contributed by atoms with van der Waals surface area (Å²) in [6, 6.07) is 13.7. The van der Waals surface area contributed by atoms with Crippen LogP contribution >= 0.6 is 0 Å². The summed E-state index contributed by atoms with van der Waals surface area (Å²) in [7, 11) is 0. The quantitative estimate of drug-likeness (QED) is 0.892. The summed E-state index contributed by atoms with van der Waals surface area (Å²) in [4.78, 5) is 11.6. The predicted octanol–water partition coefficient (Wildman–Crippen LogP) is 3.09. The van der Waals surface area contributed by atoms with Crippen LogP contribution in [0.3, 0.4) is 0 Å². The first kappa shape index (κ1) is 16.0. The Hall–Kier alpha value is -2.40. The summed E-state index contributed by atoms with van der Waals surface area (Å²) < 4.78 is 18.6. The number of aryl methyl sites for hydroxylation is 1. The topological polar surface area (TPSA) is 58.6 Å². The molecular formula is C17H18FNO3. The Kier molecular flexibility index (Phi) is 5.49. The van der Waals surface area contributed by atoms with Crippen molar-refractivity contribution < 1.29 is 19.0 Å². The Balaban J connectivity index is 1.81. The van der Waals surface area contributed by atoms with Gasteiger partial charge in [0.2, 0.25) is 0 Å². The fourth-order valence-corrected chi connectivity index (χ4v) is 1.98. The molecule has 1 amide bonds. The summed E-state index contributed by atoms with van der Waals surface area (Å²) in [6.45, 7) is 1.83. The molecule has 0 heterocycles. The molecule has 0 spiro atoms. The lowest BCUT2D eigenvalue weighted by atomic mass is 10.1. The maximum Gasteiger partial charge on any atom is 0.407 e. The molecule has 0 saturated heterocycles. The smallest absolute Gasteiger partial charge is 0.407 e. The highest BCUT2D eigenvalue weighted by molar-refractivity contribution is 5.67. The van der Waals surface area contributed by atoms with E-state index in [9.17, 15) is 14.3 Å². The van der Waals surface area contributed by atoms with Crippen molar-refractivity contribution in [3.63, 3.8) is 0 Å². The van der Waals surface area contributed by atoms with Crippen LogP contribution in [0.5, 0.6) is 0 Å². The van der Waals surface area contributed by atoms with E-state index in [-0.39, 0.29) is 18.7 Å². The molecular weight excluding hydrogens is 285 g/mol. The molecule has 2 rings (SSSR count). The summed E-state index contributed by atoms with van der Waals surface area (Å²) in [6.07, 6.45) is -1.78. The van der Waals surface area contributed by atoms with Gasteiger partial charge in [-0.25, -0.2) is 9.18 Å². The van der Waals surface area contributed by atoms with Gasteiger partial charge in [0.25, 0.3) is 0 Å². The largest absolute Gasteiger partial charge is 0.445 e. The Morgan fingerprint density at radius 2 is 2.00 bits per heavy atom. The maximum atomic E-state index is 13.6. The highest BCUT2D eigenvalue weighted by Gasteiger charge is 2.14. The van der Waals surface area contributed by atoms with E-state index >= 15 is 0 Å². The molecule has 22 heavy (non-hydrogen) atoms. The first-order valence-corrected chi connectivity index (χ1v) is 6.95. The van der Waals surface area contributed by atoms with Gasteiger partial charge in [0.1, 0.15) is 12.4 Å². The summed E-state index contributed by atoms with van der Waals surface area (Å²) in [5, 5.41) is 12.4. The van der Waals surface area contributed by atoms with Crippen LogP contribution in [0.2, 0.25) is 0 Å². The van der Waals surface area contributed by atoms with Crippen LogP contribution < -0.4 is 5.32 Å². The van der Waals surface area contributed by atoms with E-state index in [1.54, 1.807) is 19.1 Å². The van der Waals surface area contributed by atoms with Crippen molar-refractivity contribution in [3.8, 4) is 0 Å². The molecule has 0 bridgehead atoms. The number of benzene rings is 2. The molecule has 1 unspecified atom stereocenters. The predicted molar refractivity (Wildman–Crippen MR) is 80.7 cm³/mol. The lowest BCUT2D eigenvalue weighted by Crippen LogP contribution is -2.29. The molecule has 5 heteroatoms. The summed E-state index contributed by atoms with van der Waals surface area (Å²) in [5.74, 6) is -0.502. The number of nitrogens with one attached hydrogen (secondary N) is 1. The third-order valence-electron chi connectivity index (χ3n) is 3.16. The molecule has 0 aromatic heterocycles. The molecule has 2 aromatic rings. The standard InChI is InChI=1S/C17H18FNO3/c1-12-7-8-15(18)14(9-12)16(20)10-19-17(21)22-11-13-5-3-2-4-6-13/h2-9,16,20H,10-11H2,1H3,(H,19,21). The Labute approximate surface area is 128 Å². The monoisotopic (exact) mass is 303 g/mol. The van der Waals surface area contributed by atoms with Crippen LogP contribution in [0.1, 0.15) is 22.8 Å². The van der Waals surface area contributed by atoms with Crippen molar-refractivity contribution >= 4 is 6.09 Å². The third-order valence-corrected chi connectivity index (χ3v) is 3.16. The number of halogens is 1. The van der Waals surface area contributed by atoms with E-state index in [2.05, 4.69) is 5.32 Å². The first-order valence-electron chi connectivity index (χ1n) is 6.95. The summed E-state index contributed by atoms with van der Waals surface area (Å²) in [5.41, 5.74) is 1.85. The number of alkyl carbamates (subject to hydrolysis) is 1. The third kappa shape index (κ3) is 4.56. The van der Waals surface area contributed by atoms with Gasteiger partial charge in [0.05, 0.1) is 12.6 Å². The second-order valence-electron chi connectivity index (χ2n) is 4.98. The van der Waals surface area contributed by atoms with E-state index in [1.165, 1.54) is 6.07 Å². The number of hydrogen-bond acceptors (Lipinski definition) is 3. The second kappa shape index (κ2) is 7.56. The maximum absolute atomic E-state index is 13.6. The SMILES string of the molecule is Cc1ccc(F)c(C(O)CNC(=O)OCc2ccccc2)c1. The molecule has 116 valence electrons. The lowest BCUT2D eigenvalue weighted by Gasteiger charge is -2.14. The number of hydrogen-bond donors (Lipinski definition) is 2. The zero-order valence-electron chi connectivity index (χ0n) is 12.3. The van der Waals surface area contributed by atoms with Gasteiger partial charge in [-0.2, -0.15) is 0 Å². The molecule has 2 aromatic carbocycles. The van der Waals surface area contributed by atoms with E-state index in [4.69, 9.17) is 4.74 Å². The van der Waals surface area contributed by atoms with Gasteiger partial charge >= 0.3 is 6.09 Å². The van der Waals surface area contributed by atoms with E-state index in [0.717, 1.165) is 11.1 Å². The van der Waals surface area contributed by atoms with E-state index < -0.39 is 18.0 Å². The highest BCUT2D eigenvalue weighted by atomic mass is 19.1. The zero-order valence-corrected chi connectivity index (χ0v) is 12.3. The van der Waals surface area contributed by atoms with Crippen molar-refractivity contribution in [2.75, 3.05) is 6.54 Å². The highest BCUT2D eigenvalue weighted by Crippen LogP contribution is 2.18. The van der Waals surface area contributed by atoms with Crippen molar-refractivity contribution in [2.45, 2.75) is 19.6 Å². The van der Waals surface area contributed by atoms with E-state index in [0.29, 0.717) is 0 Å². The molecule has 2 N–H and O–H groups in total. The number of ether oxygens (including phenoxy) is 1. The molecule has 4 nitrogen and oxygen atoms in total. The minimum Gasteiger partial charge on any atom is -0.445 e. The fourth-order valence-electron chi connectivity index (χ4n) is 1.98. The Morgan fingerprint density at radius 1 is 1.27 bits per heavy atom. The molecule has 0 aliphatic rings. The van der Waals surface area contributed by atoms with Gasteiger partial charge < -0.3 is 15.2 Å². The number of amides is 1. The van der Waals surface area contributed by atoms with Gasteiger partial charge in [-0.05, 0) is 18.6 Å². The van der Waals surface area contributed by atoms with Gasteiger partial charge in [-0.3, -0.25) is 0 Å². The van der Waals surface area contributed by atoms with Gasteiger partial charge in [0, 0.05) is 5.56 Å². The van der Waals surface area contributed by atoms with Crippen LogP contribution in [0.4, 0.5) is 9.18 Å². The lowest BCUT2D eigenvalue weighted by molar-refractivity contribution is 0.125. The van der Waals surface area contributed by atoms with Crippen molar-refractivity contribution in [1.29, 1.82) is 0 Å². The van der Waals surface area contributed by atoms with Crippen LogP contribution in [0.15, 0.2) is 48.5 Å². The van der Waals surface area contributed by atoms with Gasteiger partial charge in [-0.15, -0.1) is 0 Å². The minimum atomic E-state index is -1.12. The molecule has 1 atom stereocenters. The van der Waals surface area contributed by atoms with Crippen molar-refractivity contribution in [3.05, 3.63) is 71.0 Å². The minimum absolute atomic E-state index is 0.117. The average Bonchev–Trinajstić information content (AvgIpc) is 2.54. The first-order chi connectivity index (χ1) is 10.6. The molecule has 0 radical (unpaired) electrons. The Morgan fingerprint density at radius 3 is 2.73 bits per heavy atom. The number of aliphatic hydroxyl groups is 1. The number of carbonyl (C=O) groups is 1.